The Hall–Kier alpha value is -2.22. The summed E-state index contributed by atoms with van der Waals surface area (Å²) in [6.07, 6.45) is 3.34. The molecule has 14 heavy (non-hydrogen) atoms. The molecule has 0 bridgehead atoms. The van der Waals surface area contributed by atoms with Gasteiger partial charge < -0.3 is 0 Å². The number of aryl methyl sites for hydroxylation is 1. The van der Waals surface area contributed by atoms with E-state index in [1.54, 1.807) is 24.1 Å². The van der Waals surface area contributed by atoms with E-state index in [0.29, 0.717) is 5.69 Å². The Kier molecular flexibility index (Phi) is 1.95. The molecule has 2 aromatic heterocycles. The van der Waals surface area contributed by atoms with Gasteiger partial charge in [-0.1, -0.05) is 5.21 Å². The summed E-state index contributed by atoms with van der Waals surface area (Å²) in [5.74, 6) is 0. The van der Waals surface area contributed by atoms with E-state index < -0.39 is 0 Å². The van der Waals surface area contributed by atoms with Crippen molar-refractivity contribution in [1.29, 1.82) is 5.26 Å². The zero-order chi connectivity index (χ0) is 9.97. The van der Waals surface area contributed by atoms with Crippen molar-refractivity contribution in [2.45, 2.75) is 0 Å². The lowest BCUT2D eigenvalue weighted by molar-refractivity contribution is 0.720. The maximum atomic E-state index is 8.81. The van der Waals surface area contributed by atoms with Crippen LogP contribution in [0.1, 0.15) is 5.69 Å². The van der Waals surface area contributed by atoms with Crippen molar-refractivity contribution in [3.05, 3.63) is 30.2 Å². The topological polar surface area (TPSA) is 67.4 Å². The number of aromatic nitrogens is 4. The van der Waals surface area contributed by atoms with Crippen LogP contribution in [-0.4, -0.2) is 20.0 Å². The van der Waals surface area contributed by atoms with Crippen LogP contribution >= 0.6 is 0 Å². The van der Waals surface area contributed by atoms with E-state index in [-0.39, 0.29) is 0 Å². The lowest BCUT2D eigenvalue weighted by Crippen LogP contribution is -1.94. The second-order valence-corrected chi connectivity index (χ2v) is 2.76. The average molecular weight is 185 g/mol. The lowest BCUT2D eigenvalue weighted by atomic mass is 10.1. The number of pyridine rings is 1. The highest BCUT2D eigenvalue weighted by Crippen LogP contribution is 2.19. The number of rotatable bonds is 1. The average Bonchev–Trinajstić information content (AvgIpc) is 2.61. The van der Waals surface area contributed by atoms with Crippen molar-refractivity contribution in [2.24, 2.45) is 7.05 Å². The molecule has 5 heteroatoms. The molecule has 0 fully saturated rings. The zero-order valence-corrected chi connectivity index (χ0v) is 7.55. The van der Waals surface area contributed by atoms with Crippen LogP contribution in [0.2, 0.25) is 0 Å². The van der Waals surface area contributed by atoms with Crippen molar-refractivity contribution in [3.8, 4) is 17.3 Å². The van der Waals surface area contributed by atoms with Gasteiger partial charge in [0.2, 0.25) is 0 Å². The van der Waals surface area contributed by atoms with Gasteiger partial charge in [-0.2, -0.15) is 5.26 Å². The Morgan fingerprint density at radius 2 is 2.07 bits per heavy atom. The molecule has 0 spiro atoms. The maximum absolute atomic E-state index is 8.81. The van der Waals surface area contributed by atoms with Crippen molar-refractivity contribution in [2.75, 3.05) is 0 Å². The predicted molar refractivity (Wildman–Crippen MR) is 48.9 cm³/mol. The van der Waals surface area contributed by atoms with Crippen LogP contribution < -0.4 is 0 Å². The van der Waals surface area contributed by atoms with Crippen LogP contribution in [0.3, 0.4) is 0 Å². The highest BCUT2D eigenvalue weighted by Gasteiger charge is 2.11. The van der Waals surface area contributed by atoms with E-state index in [1.165, 1.54) is 0 Å². The van der Waals surface area contributed by atoms with Gasteiger partial charge in [-0.25, -0.2) is 4.68 Å². The molecule has 0 radical (unpaired) electrons. The molecule has 2 heterocycles. The monoisotopic (exact) mass is 185 g/mol. The number of hydrogen-bond donors (Lipinski definition) is 0. The lowest BCUT2D eigenvalue weighted by Gasteiger charge is -1.99. The smallest absolute Gasteiger partial charge is 0.190 e. The van der Waals surface area contributed by atoms with E-state index in [9.17, 15) is 0 Å². The van der Waals surface area contributed by atoms with Crippen LogP contribution in [0.15, 0.2) is 24.5 Å². The van der Waals surface area contributed by atoms with E-state index in [2.05, 4.69) is 15.3 Å². The molecular weight excluding hydrogens is 178 g/mol. The Morgan fingerprint density at radius 3 is 2.71 bits per heavy atom. The third-order valence-corrected chi connectivity index (χ3v) is 1.89. The molecule has 5 nitrogen and oxygen atoms in total. The van der Waals surface area contributed by atoms with Gasteiger partial charge in [0.25, 0.3) is 0 Å². The molecule has 0 unspecified atom stereocenters. The minimum atomic E-state index is 0.332. The molecule has 2 rings (SSSR count). The largest absolute Gasteiger partial charge is 0.265 e. The molecule has 0 saturated heterocycles. The molecule has 0 N–H and O–H groups in total. The first kappa shape index (κ1) is 8.38. The van der Waals surface area contributed by atoms with Crippen molar-refractivity contribution >= 4 is 0 Å². The summed E-state index contributed by atoms with van der Waals surface area (Å²) in [6, 6.07) is 5.64. The maximum Gasteiger partial charge on any atom is 0.190 e. The molecular formula is C9H7N5. The summed E-state index contributed by atoms with van der Waals surface area (Å²) in [5.41, 5.74) is 1.94. The highest BCUT2D eigenvalue weighted by molar-refractivity contribution is 5.63. The van der Waals surface area contributed by atoms with Crippen LogP contribution in [-0.2, 0) is 7.05 Å². The molecule has 0 aliphatic carbocycles. The Bertz CT molecular complexity index is 480. The fourth-order valence-corrected chi connectivity index (χ4v) is 1.27. The molecule has 68 valence electrons. The van der Waals surface area contributed by atoms with E-state index in [4.69, 9.17) is 5.26 Å². The van der Waals surface area contributed by atoms with Gasteiger partial charge in [0.15, 0.2) is 5.69 Å². The van der Waals surface area contributed by atoms with Crippen LogP contribution in [0.5, 0.6) is 0 Å². The normalized spacial score (nSPS) is 9.71. The fraction of sp³-hybridized carbons (Fsp3) is 0.111. The minimum Gasteiger partial charge on any atom is -0.265 e. The van der Waals surface area contributed by atoms with Gasteiger partial charge in [0.05, 0.1) is 0 Å². The molecule has 0 aromatic carbocycles. The first-order valence-electron chi connectivity index (χ1n) is 4.03. The first-order valence-corrected chi connectivity index (χ1v) is 4.03. The Morgan fingerprint density at radius 1 is 1.36 bits per heavy atom. The van der Waals surface area contributed by atoms with Gasteiger partial charge in [-0.15, -0.1) is 5.10 Å². The Labute approximate surface area is 80.6 Å². The fourth-order valence-electron chi connectivity index (χ4n) is 1.27. The van der Waals surface area contributed by atoms with Crippen LogP contribution in [0.4, 0.5) is 0 Å². The number of nitrogens with zero attached hydrogens (tertiary/aromatic N) is 5. The molecule has 0 saturated carbocycles. The standard InChI is InChI=1S/C9H7N5/c1-14-9(8(6-10)12-13-14)7-2-4-11-5-3-7/h2-5H,1H3. The third-order valence-electron chi connectivity index (χ3n) is 1.89. The van der Waals surface area contributed by atoms with Gasteiger partial charge in [0.1, 0.15) is 11.8 Å². The minimum absolute atomic E-state index is 0.332. The zero-order valence-electron chi connectivity index (χ0n) is 7.55. The third kappa shape index (κ3) is 1.23. The summed E-state index contributed by atoms with van der Waals surface area (Å²) < 4.78 is 1.58. The quantitative estimate of drug-likeness (QED) is 0.657. The molecule has 0 aliphatic rings. The summed E-state index contributed by atoms with van der Waals surface area (Å²) in [5, 5.41) is 16.3. The summed E-state index contributed by atoms with van der Waals surface area (Å²) >= 11 is 0. The molecule has 0 atom stereocenters. The van der Waals surface area contributed by atoms with Crippen LogP contribution in [0, 0.1) is 11.3 Å². The Balaban J connectivity index is 2.63. The van der Waals surface area contributed by atoms with Gasteiger partial charge in [-0.05, 0) is 12.1 Å². The second kappa shape index (κ2) is 3.26. The van der Waals surface area contributed by atoms with Crippen molar-refractivity contribution in [1.82, 2.24) is 20.0 Å². The number of hydrogen-bond acceptors (Lipinski definition) is 4. The van der Waals surface area contributed by atoms with Gasteiger partial charge in [0, 0.05) is 25.0 Å². The van der Waals surface area contributed by atoms with E-state index in [0.717, 1.165) is 11.3 Å². The van der Waals surface area contributed by atoms with Gasteiger partial charge in [-0.3, -0.25) is 4.98 Å². The summed E-state index contributed by atoms with van der Waals surface area (Å²) in [6.45, 7) is 0. The highest BCUT2D eigenvalue weighted by atomic mass is 15.4. The first-order chi connectivity index (χ1) is 6.83. The van der Waals surface area contributed by atoms with E-state index in [1.807, 2.05) is 18.2 Å². The number of nitriles is 1. The molecule has 0 aliphatic heterocycles. The predicted octanol–water partition coefficient (Wildman–Crippen LogP) is 0.749. The summed E-state index contributed by atoms with van der Waals surface area (Å²) in [7, 11) is 1.75. The van der Waals surface area contributed by atoms with Crippen LogP contribution in [0.25, 0.3) is 11.3 Å². The second-order valence-electron chi connectivity index (χ2n) is 2.76. The molecule has 0 amide bonds. The van der Waals surface area contributed by atoms with Crippen molar-refractivity contribution in [3.63, 3.8) is 0 Å². The molecule has 2 aromatic rings. The van der Waals surface area contributed by atoms with Crippen molar-refractivity contribution < 1.29 is 0 Å². The van der Waals surface area contributed by atoms with E-state index >= 15 is 0 Å². The van der Waals surface area contributed by atoms with Gasteiger partial charge >= 0.3 is 0 Å². The SMILES string of the molecule is Cn1nnc(C#N)c1-c1ccncc1. The summed E-state index contributed by atoms with van der Waals surface area (Å²) in [4.78, 5) is 3.91.